The number of aryl methyl sites for hydroxylation is 1. The summed E-state index contributed by atoms with van der Waals surface area (Å²) >= 11 is 0. The van der Waals surface area contributed by atoms with Gasteiger partial charge in [0.05, 0.1) is 4.90 Å². The number of aromatic nitrogens is 1. The third-order valence-corrected chi connectivity index (χ3v) is 6.75. The molecule has 0 radical (unpaired) electrons. The van der Waals surface area contributed by atoms with Crippen LogP contribution in [-0.4, -0.2) is 43.4 Å². The van der Waals surface area contributed by atoms with Crippen LogP contribution in [0.25, 0.3) is 10.8 Å². The van der Waals surface area contributed by atoms with Crippen molar-refractivity contribution in [3.8, 4) is 0 Å². The summed E-state index contributed by atoms with van der Waals surface area (Å²) < 4.78 is 28.1. The number of sulfonamides is 1. The maximum atomic E-state index is 13.2. The first-order valence-corrected chi connectivity index (χ1v) is 9.07. The molecule has 2 saturated heterocycles. The Morgan fingerprint density at radius 1 is 1.27 bits per heavy atom. The van der Waals surface area contributed by atoms with Gasteiger partial charge >= 0.3 is 0 Å². The first-order valence-electron chi connectivity index (χ1n) is 7.63. The largest absolute Gasteiger partial charge is 0.315 e. The van der Waals surface area contributed by atoms with Crippen LogP contribution < -0.4 is 5.32 Å². The molecular formula is C16H19N3O2S. The molecule has 2 bridgehead atoms. The van der Waals surface area contributed by atoms with E-state index in [1.807, 2.05) is 13.0 Å². The summed E-state index contributed by atoms with van der Waals surface area (Å²) in [5.41, 5.74) is 0.900. The summed E-state index contributed by atoms with van der Waals surface area (Å²) in [6.45, 7) is 4.21. The average Bonchev–Trinajstić information content (AvgIpc) is 2.82. The lowest BCUT2D eigenvalue weighted by molar-refractivity contribution is 0.370. The molecule has 0 spiro atoms. The fourth-order valence-electron chi connectivity index (χ4n) is 3.77. The number of rotatable bonds is 2. The van der Waals surface area contributed by atoms with Crippen LogP contribution in [0.5, 0.6) is 0 Å². The Morgan fingerprint density at radius 2 is 2.14 bits per heavy atom. The molecule has 0 saturated carbocycles. The van der Waals surface area contributed by atoms with Crippen LogP contribution in [0.1, 0.15) is 12.0 Å². The van der Waals surface area contributed by atoms with Crippen molar-refractivity contribution in [3.63, 3.8) is 0 Å². The van der Waals surface area contributed by atoms with Crippen LogP contribution in [-0.2, 0) is 10.0 Å². The lowest BCUT2D eigenvalue weighted by Gasteiger charge is -2.25. The zero-order chi connectivity index (χ0) is 15.3. The Bertz CT molecular complexity index is 829. The van der Waals surface area contributed by atoms with Gasteiger partial charge in [-0.1, -0.05) is 12.1 Å². The Hall–Kier alpha value is -1.50. The van der Waals surface area contributed by atoms with Crippen LogP contribution in [0, 0.1) is 12.8 Å². The van der Waals surface area contributed by atoms with E-state index in [9.17, 15) is 8.42 Å². The van der Waals surface area contributed by atoms with E-state index in [0.29, 0.717) is 17.4 Å². The number of pyridine rings is 1. The normalized spacial score (nSPS) is 25.7. The highest BCUT2D eigenvalue weighted by molar-refractivity contribution is 7.89. The first-order chi connectivity index (χ1) is 10.6. The lowest BCUT2D eigenvalue weighted by Crippen LogP contribution is -2.41. The van der Waals surface area contributed by atoms with Gasteiger partial charge in [0.2, 0.25) is 10.0 Å². The number of fused-ring (bicyclic) bond motifs is 3. The molecule has 116 valence electrons. The fraction of sp³-hybridized carbons (Fsp3) is 0.438. The highest BCUT2D eigenvalue weighted by atomic mass is 32.2. The highest BCUT2D eigenvalue weighted by Gasteiger charge is 2.42. The van der Waals surface area contributed by atoms with E-state index in [4.69, 9.17) is 0 Å². The maximum absolute atomic E-state index is 13.2. The summed E-state index contributed by atoms with van der Waals surface area (Å²) in [6.07, 6.45) is 4.42. The Kier molecular flexibility index (Phi) is 3.21. The van der Waals surface area contributed by atoms with Crippen molar-refractivity contribution in [3.05, 3.63) is 36.2 Å². The molecule has 1 aromatic heterocycles. The molecule has 2 aromatic rings. The van der Waals surface area contributed by atoms with Gasteiger partial charge in [0, 0.05) is 42.3 Å². The quantitative estimate of drug-likeness (QED) is 0.912. The van der Waals surface area contributed by atoms with Gasteiger partial charge in [-0.25, -0.2) is 8.42 Å². The van der Waals surface area contributed by atoms with Gasteiger partial charge < -0.3 is 5.32 Å². The van der Waals surface area contributed by atoms with Crippen molar-refractivity contribution in [1.29, 1.82) is 0 Å². The molecule has 4 rings (SSSR count). The van der Waals surface area contributed by atoms with Crippen LogP contribution in [0.2, 0.25) is 0 Å². The summed E-state index contributed by atoms with van der Waals surface area (Å²) in [5.74, 6) is 0.436. The molecule has 0 amide bonds. The van der Waals surface area contributed by atoms with Gasteiger partial charge in [0.25, 0.3) is 0 Å². The molecule has 5 nitrogen and oxygen atoms in total. The second-order valence-electron chi connectivity index (χ2n) is 6.30. The molecular weight excluding hydrogens is 298 g/mol. The lowest BCUT2D eigenvalue weighted by atomic mass is 10.0. The third-order valence-electron chi connectivity index (χ3n) is 4.79. The van der Waals surface area contributed by atoms with Crippen LogP contribution in [0.4, 0.5) is 0 Å². The van der Waals surface area contributed by atoms with Crippen LogP contribution in [0.3, 0.4) is 0 Å². The molecule has 0 aliphatic carbocycles. The van der Waals surface area contributed by atoms with Gasteiger partial charge in [-0.3, -0.25) is 4.98 Å². The predicted octanol–water partition coefficient (Wildman–Crippen LogP) is 1.53. The number of nitrogens with one attached hydrogen (secondary N) is 1. The predicted molar refractivity (Wildman–Crippen MR) is 85.1 cm³/mol. The van der Waals surface area contributed by atoms with E-state index >= 15 is 0 Å². The average molecular weight is 317 g/mol. The van der Waals surface area contributed by atoms with E-state index in [-0.39, 0.29) is 6.04 Å². The highest BCUT2D eigenvalue weighted by Crippen LogP contribution is 2.34. The monoisotopic (exact) mass is 317 g/mol. The van der Waals surface area contributed by atoms with Crippen molar-refractivity contribution in [2.24, 2.45) is 5.92 Å². The van der Waals surface area contributed by atoms with E-state index in [1.165, 1.54) is 0 Å². The molecule has 2 fully saturated rings. The van der Waals surface area contributed by atoms with E-state index in [1.54, 1.807) is 28.8 Å². The summed E-state index contributed by atoms with van der Waals surface area (Å²) in [5, 5.41) is 5.01. The maximum Gasteiger partial charge on any atom is 0.244 e. The van der Waals surface area contributed by atoms with E-state index in [2.05, 4.69) is 10.3 Å². The van der Waals surface area contributed by atoms with Gasteiger partial charge in [-0.05, 0) is 37.4 Å². The summed E-state index contributed by atoms with van der Waals surface area (Å²) in [7, 11) is -3.48. The minimum atomic E-state index is -3.48. The van der Waals surface area contributed by atoms with Gasteiger partial charge in [-0.2, -0.15) is 4.31 Å². The molecule has 3 heterocycles. The van der Waals surface area contributed by atoms with Crippen molar-refractivity contribution >= 4 is 20.8 Å². The Labute approximate surface area is 130 Å². The van der Waals surface area contributed by atoms with Crippen molar-refractivity contribution in [2.75, 3.05) is 19.6 Å². The zero-order valence-electron chi connectivity index (χ0n) is 12.5. The van der Waals surface area contributed by atoms with Crippen molar-refractivity contribution < 1.29 is 8.42 Å². The Morgan fingerprint density at radius 3 is 2.95 bits per heavy atom. The van der Waals surface area contributed by atoms with Crippen molar-refractivity contribution in [1.82, 2.24) is 14.6 Å². The minimum Gasteiger partial charge on any atom is -0.315 e. The molecule has 6 heteroatoms. The molecule has 2 atom stereocenters. The first kappa shape index (κ1) is 14.1. The van der Waals surface area contributed by atoms with E-state index < -0.39 is 10.0 Å². The number of hydrogen-bond acceptors (Lipinski definition) is 4. The van der Waals surface area contributed by atoms with Gasteiger partial charge in [-0.15, -0.1) is 0 Å². The number of hydrogen-bond donors (Lipinski definition) is 1. The molecule has 1 N–H and O–H groups in total. The molecule has 2 aliphatic rings. The topological polar surface area (TPSA) is 62.3 Å². The van der Waals surface area contributed by atoms with Gasteiger partial charge in [0.1, 0.15) is 0 Å². The number of benzene rings is 1. The van der Waals surface area contributed by atoms with Crippen LogP contribution >= 0.6 is 0 Å². The minimum absolute atomic E-state index is 0.0844. The molecule has 22 heavy (non-hydrogen) atoms. The molecule has 2 aliphatic heterocycles. The van der Waals surface area contributed by atoms with Gasteiger partial charge in [0.15, 0.2) is 0 Å². The number of piperidine rings is 1. The zero-order valence-corrected chi connectivity index (χ0v) is 13.3. The fourth-order valence-corrected chi connectivity index (χ4v) is 5.77. The Balaban J connectivity index is 1.88. The second kappa shape index (κ2) is 5.01. The standard InChI is InChI=1S/C16H19N3O2S/c1-11-6-17-8-13-3-2-4-15(16(11)13)22(20,21)19-10-12-5-14(19)9-18-7-12/h2-4,6,8,12,14,18H,5,7,9-10H2,1H3. The smallest absolute Gasteiger partial charge is 0.244 e. The second-order valence-corrected chi connectivity index (χ2v) is 8.16. The summed E-state index contributed by atoms with van der Waals surface area (Å²) in [4.78, 5) is 4.58. The molecule has 2 unspecified atom stereocenters. The summed E-state index contributed by atoms with van der Waals surface area (Å²) in [6, 6.07) is 5.52. The SMILES string of the molecule is Cc1cncc2cccc(S(=O)(=O)N3CC4CNCC3C4)c12. The van der Waals surface area contributed by atoms with Crippen molar-refractivity contribution in [2.45, 2.75) is 24.3 Å². The van der Waals surface area contributed by atoms with Crippen LogP contribution in [0.15, 0.2) is 35.5 Å². The van der Waals surface area contributed by atoms with E-state index in [0.717, 1.165) is 35.8 Å². The molecule has 1 aromatic carbocycles. The third kappa shape index (κ3) is 2.06. The number of nitrogens with zero attached hydrogens (tertiary/aromatic N) is 2.